The second-order valence-electron chi connectivity index (χ2n) is 5.28. The molecule has 0 atom stereocenters. The van der Waals surface area contributed by atoms with E-state index in [1.165, 1.54) is 5.56 Å². The number of fused-ring (bicyclic) bond motifs is 1. The van der Waals surface area contributed by atoms with Crippen LogP contribution in [0, 0.1) is 6.92 Å². The van der Waals surface area contributed by atoms with Crippen LogP contribution in [0.2, 0.25) is 0 Å². The molecule has 0 radical (unpaired) electrons. The first-order chi connectivity index (χ1) is 10.8. The molecule has 0 N–H and O–H groups in total. The number of carbonyl (C=O) groups excluding carboxylic acids is 1. The number of anilines is 1. The Balaban J connectivity index is 1.78. The lowest BCUT2D eigenvalue weighted by atomic mass is 10.1. The van der Waals surface area contributed by atoms with Crippen molar-refractivity contribution >= 4 is 11.6 Å². The van der Waals surface area contributed by atoms with E-state index in [9.17, 15) is 4.79 Å². The molecule has 1 aliphatic heterocycles. The second-order valence-corrected chi connectivity index (χ2v) is 5.28. The Hall–Kier alpha value is -2.82. The molecule has 3 aromatic rings. The van der Waals surface area contributed by atoms with Gasteiger partial charge in [-0.2, -0.15) is 0 Å². The standard InChI is InChI=1S/C17H14N2O3/c1-11-15(16(18-22-11)14-7-4-10-21-14)17(20)19-9-8-12-5-2-3-6-13(12)19/h2-7,10H,8-9H2,1H3. The fourth-order valence-electron chi connectivity index (χ4n) is 2.89. The molecule has 0 spiro atoms. The Labute approximate surface area is 127 Å². The van der Waals surface area contributed by atoms with Crippen LogP contribution in [0.4, 0.5) is 5.69 Å². The minimum Gasteiger partial charge on any atom is -0.463 e. The molecule has 2 aromatic heterocycles. The van der Waals surface area contributed by atoms with Crippen molar-refractivity contribution in [1.82, 2.24) is 5.16 Å². The number of carbonyl (C=O) groups is 1. The maximum Gasteiger partial charge on any atom is 0.264 e. The number of benzene rings is 1. The van der Waals surface area contributed by atoms with Crippen molar-refractivity contribution in [2.24, 2.45) is 0 Å². The molecule has 0 unspecified atom stereocenters. The lowest BCUT2D eigenvalue weighted by molar-refractivity contribution is 0.0988. The maximum absolute atomic E-state index is 13.0. The van der Waals surface area contributed by atoms with Crippen LogP contribution in [-0.2, 0) is 6.42 Å². The summed E-state index contributed by atoms with van der Waals surface area (Å²) >= 11 is 0. The number of hydrogen-bond donors (Lipinski definition) is 0. The summed E-state index contributed by atoms with van der Waals surface area (Å²) in [5.41, 5.74) is 3.06. The van der Waals surface area contributed by atoms with E-state index in [-0.39, 0.29) is 5.91 Å². The fourth-order valence-corrected chi connectivity index (χ4v) is 2.89. The summed E-state index contributed by atoms with van der Waals surface area (Å²) in [6.07, 6.45) is 2.42. The molecule has 110 valence electrons. The minimum absolute atomic E-state index is 0.102. The van der Waals surface area contributed by atoms with E-state index in [4.69, 9.17) is 8.94 Å². The van der Waals surface area contributed by atoms with Gasteiger partial charge in [0.1, 0.15) is 11.3 Å². The number of nitrogens with zero attached hydrogens (tertiary/aromatic N) is 2. The Kier molecular flexibility index (Phi) is 2.85. The van der Waals surface area contributed by atoms with E-state index >= 15 is 0 Å². The van der Waals surface area contributed by atoms with Crippen molar-refractivity contribution in [2.75, 3.05) is 11.4 Å². The van der Waals surface area contributed by atoms with E-state index in [0.717, 1.165) is 12.1 Å². The predicted octanol–water partition coefficient (Wildman–Crippen LogP) is 3.45. The van der Waals surface area contributed by atoms with Crippen LogP contribution in [0.5, 0.6) is 0 Å². The Morgan fingerprint density at radius 3 is 2.91 bits per heavy atom. The summed E-state index contributed by atoms with van der Waals surface area (Å²) in [4.78, 5) is 14.8. The predicted molar refractivity (Wildman–Crippen MR) is 80.8 cm³/mol. The molecule has 4 rings (SSSR count). The van der Waals surface area contributed by atoms with Gasteiger partial charge in [-0.25, -0.2) is 0 Å². The van der Waals surface area contributed by atoms with Crippen molar-refractivity contribution in [3.63, 3.8) is 0 Å². The fraction of sp³-hybridized carbons (Fsp3) is 0.176. The van der Waals surface area contributed by atoms with Gasteiger partial charge in [0.15, 0.2) is 11.5 Å². The third kappa shape index (κ3) is 1.86. The summed E-state index contributed by atoms with van der Waals surface area (Å²) in [6.45, 7) is 2.41. The molecule has 5 nitrogen and oxygen atoms in total. The van der Waals surface area contributed by atoms with Crippen LogP contribution in [0.1, 0.15) is 21.7 Å². The molecule has 0 bridgehead atoms. The van der Waals surface area contributed by atoms with Crippen molar-refractivity contribution in [3.8, 4) is 11.5 Å². The molecule has 0 aliphatic carbocycles. The van der Waals surface area contributed by atoms with Crippen LogP contribution in [-0.4, -0.2) is 17.6 Å². The monoisotopic (exact) mass is 294 g/mol. The van der Waals surface area contributed by atoms with Gasteiger partial charge in [0.25, 0.3) is 5.91 Å². The number of aromatic nitrogens is 1. The first-order valence-corrected chi connectivity index (χ1v) is 7.15. The molecule has 3 heterocycles. The Morgan fingerprint density at radius 2 is 2.09 bits per heavy atom. The zero-order chi connectivity index (χ0) is 15.1. The molecule has 1 amide bonds. The lowest BCUT2D eigenvalue weighted by Gasteiger charge is -2.17. The molecule has 1 aliphatic rings. The third-order valence-corrected chi connectivity index (χ3v) is 3.96. The van der Waals surface area contributed by atoms with Gasteiger partial charge in [-0.15, -0.1) is 0 Å². The molecule has 0 saturated heterocycles. The van der Waals surface area contributed by atoms with Crippen LogP contribution in [0.3, 0.4) is 0 Å². The van der Waals surface area contributed by atoms with E-state index in [1.807, 2.05) is 18.2 Å². The first-order valence-electron chi connectivity index (χ1n) is 7.15. The normalized spacial score (nSPS) is 13.4. The molecular weight excluding hydrogens is 280 g/mol. The smallest absolute Gasteiger partial charge is 0.264 e. The van der Waals surface area contributed by atoms with Crippen LogP contribution >= 0.6 is 0 Å². The van der Waals surface area contributed by atoms with Crippen molar-refractivity contribution in [1.29, 1.82) is 0 Å². The average molecular weight is 294 g/mol. The topological polar surface area (TPSA) is 59.5 Å². The van der Waals surface area contributed by atoms with Crippen molar-refractivity contribution < 1.29 is 13.7 Å². The summed E-state index contributed by atoms with van der Waals surface area (Å²) in [7, 11) is 0. The number of furan rings is 1. The van der Waals surface area contributed by atoms with Crippen LogP contribution in [0.15, 0.2) is 51.6 Å². The third-order valence-electron chi connectivity index (χ3n) is 3.96. The van der Waals surface area contributed by atoms with Gasteiger partial charge < -0.3 is 13.8 Å². The zero-order valence-electron chi connectivity index (χ0n) is 12.1. The van der Waals surface area contributed by atoms with E-state index in [1.54, 1.807) is 30.2 Å². The van der Waals surface area contributed by atoms with E-state index < -0.39 is 0 Å². The highest BCUT2D eigenvalue weighted by Crippen LogP contribution is 2.32. The van der Waals surface area contributed by atoms with Crippen LogP contribution < -0.4 is 4.90 Å². The lowest BCUT2D eigenvalue weighted by Crippen LogP contribution is -2.29. The Bertz CT molecular complexity index is 833. The molecule has 0 fully saturated rings. The summed E-state index contributed by atoms with van der Waals surface area (Å²) < 4.78 is 10.6. The van der Waals surface area contributed by atoms with Crippen molar-refractivity contribution in [2.45, 2.75) is 13.3 Å². The maximum atomic E-state index is 13.0. The molecule has 1 aromatic carbocycles. The van der Waals surface area contributed by atoms with Crippen LogP contribution in [0.25, 0.3) is 11.5 Å². The van der Waals surface area contributed by atoms with Crippen molar-refractivity contribution in [3.05, 3.63) is 59.5 Å². The highest BCUT2D eigenvalue weighted by atomic mass is 16.5. The van der Waals surface area contributed by atoms with Gasteiger partial charge in [-0.3, -0.25) is 4.79 Å². The molecular formula is C17H14N2O3. The Morgan fingerprint density at radius 1 is 1.23 bits per heavy atom. The quantitative estimate of drug-likeness (QED) is 0.726. The minimum atomic E-state index is -0.102. The van der Waals surface area contributed by atoms with Gasteiger partial charge in [-0.05, 0) is 37.1 Å². The zero-order valence-corrected chi connectivity index (χ0v) is 12.1. The largest absolute Gasteiger partial charge is 0.463 e. The van der Waals surface area contributed by atoms with E-state index in [0.29, 0.717) is 29.3 Å². The second kappa shape index (κ2) is 4.87. The summed E-state index contributed by atoms with van der Waals surface area (Å²) in [5, 5.41) is 3.99. The summed E-state index contributed by atoms with van der Waals surface area (Å²) in [5.74, 6) is 0.934. The number of amides is 1. The number of rotatable bonds is 2. The van der Waals surface area contributed by atoms with Gasteiger partial charge >= 0.3 is 0 Å². The highest BCUT2D eigenvalue weighted by Gasteiger charge is 2.31. The van der Waals surface area contributed by atoms with Gasteiger partial charge in [0.05, 0.1) is 6.26 Å². The van der Waals surface area contributed by atoms with Gasteiger partial charge in [0, 0.05) is 12.2 Å². The number of para-hydroxylation sites is 1. The number of aryl methyl sites for hydroxylation is 1. The average Bonchev–Trinajstić information content (AvgIpc) is 3.25. The number of hydrogen-bond acceptors (Lipinski definition) is 4. The van der Waals surface area contributed by atoms with E-state index in [2.05, 4.69) is 11.2 Å². The molecule has 0 saturated carbocycles. The molecule has 22 heavy (non-hydrogen) atoms. The van der Waals surface area contributed by atoms with Gasteiger partial charge in [0.2, 0.25) is 0 Å². The highest BCUT2D eigenvalue weighted by molar-refractivity contribution is 6.10. The van der Waals surface area contributed by atoms with Gasteiger partial charge in [-0.1, -0.05) is 23.4 Å². The summed E-state index contributed by atoms with van der Waals surface area (Å²) in [6, 6.07) is 11.5. The molecule has 5 heteroatoms. The SMILES string of the molecule is Cc1onc(-c2ccco2)c1C(=O)N1CCc2ccccc21. The first kappa shape index (κ1) is 12.9.